The van der Waals surface area contributed by atoms with Gasteiger partial charge in [-0.05, 0) is 34.1 Å². The third-order valence-electron chi connectivity index (χ3n) is 1.79. The van der Waals surface area contributed by atoms with Gasteiger partial charge in [0, 0.05) is 18.0 Å². The molecule has 0 spiro atoms. The average Bonchev–Trinajstić information content (AvgIpc) is 2.23. The van der Waals surface area contributed by atoms with Gasteiger partial charge >= 0.3 is 0 Å². The van der Waals surface area contributed by atoms with E-state index in [1.54, 1.807) is 24.4 Å². The number of hydrogen-bond donors (Lipinski definition) is 0. The molecule has 2 aromatic rings. The van der Waals surface area contributed by atoms with Crippen molar-refractivity contribution >= 4 is 15.9 Å². The molecule has 0 saturated heterocycles. The summed E-state index contributed by atoms with van der Waals surface area (Å²) in [6, 6.07) is 6.96. The average molecular weight is 253 g/mol. The Hall–Kier alpha value is -1.29. The van der Waals surface area contributed by atoms with Gasteiger partial charge in [-0.3, -0.25) is 4.98 Å². The number of aromatic nitrogens is 2. The molecule has 0 atom stereocenters. The Morgan fingerprint density at radius 2 is 1.93 bits per heavy atom. The van der Waals surface area contributed by atoms with Gasteiger partial charge in [0.15, 0.2) is 5.82 Å². The molecular formula is C10H6BrFN2. The first-order chi connectivity index (χ1) is 6.79. The molecule has 0 fully saturated rings. The highest BCUT2D eigenvalue weighted by Gasteiger charge is 2.09. The molecular weight excluding hydrogens is 247 g/mol. The molecule has 0 N–H and O–H groups in total. The van der Waals surface area contributed by atoms with E-state index in [1.807, 2.05) is 6.07 Å². The van der Waals surface area contributed by atoms with Crippen molar-refractivity contribution in [2.45, 2.75) is 0 Å². The Kier molecular flexibility index (Phi) is 2.54. The fourth-order valence-corrected chi connectivity index (χ4v) is 1.47. The van der Waals surface area contributed by atoms with Crippen molar-refractivity contribution in [3.63, 3.8) is 0 Å². The molecule has 0 radical (unpaired) electrons. The highest BCUT2D eigenvalue weighted by molar-refractivity contribution is 9.10. The lowest BCUT2D eigenvalue weighted by Crippen LogP contribution is -1.90. The molecule has 0 aliphatic carbocycles. The summed E-state index contributed by atoms with van der Waals surface area (Å²) < 4.78 is 13.7. The first-order valence-corrected chi connectivity index (χ1v) is 4.80. The van der Waals surface area contributed by atoms with E-state index in [4.69, 9.17) is 0 Å². The van der Waals surface area contributed by atoms with E-state index >= 15 is 0 Å². The van der Waals surface area contributed by atoms with Crippen LogP contribution in [0.3, 0.4) is 0 Å². The summed E-state index contributed by atoms with van der Waals surface area (Å²) in [5, 5.41) is 0. The lowest BCUT2D eigenvalue weighted by Gasteiger charge is -2.02. The molecule has 0 amide bonds. The quantitative estimate of drug-likeness (QED) is 0.730. The predicted molar refractivity (Wildman–Crippen MR) is 55.1 cm³/mol. The van der Waals surface area contributed by atoms with Gasteiger partial charge in [-0.2, -0.15) is 0 Å². The van der Waals surface area contributed by atoms with Crippen LogP contribution in [-0.4, -0.2) is 9.97 Å². The molecule has 0 aromatic carbocycles. The van der Waals surface area contributed by atoms with E-state index in [9.17, 15) is 4.39 Å². The second-order valence-electron chi connectivity index (χ2n) is 2.68. The van der Waals surface area contributed by atoms with Gasteiger partial charge in [0.2, 0.25) is 0 Å². The zero-order chi connectivity index (χ0) is 9.97. The summed E-state index contributed by atoms with van der Waals surface area (Å²) in [7, 11) is 0. The highest BCUT2D eigenvalue weighted by atomic mass is 79.9. The summed E-state index contributed by atoms with van der Waals surface area (Å²) in [5.74, 6) is -0.383. The molecule has 14 heavy (non-hydrogen) atoms. The molecule has 0 aliphatic rings. The molecule has 2 nitrogen and oxygen atoms in total. The first-order valence-electron chi connectivity index (χ1n) is 4.00. The van der Waals surface area contributed by atoms with Crippen LogP contribution in [-0.2, 0) is 0 Å². The molecule has 0 saturated carbocycles. The van der Waals surface area contributed by atoms with Crippen LogP contribution in [0.4, 0.5) is 4.39 Å². The van der Waals surface area contributed by atoms with Crippen LogP contribution in [0.5, 0.6) is 0 Å². The molecule has 4 heteroatoms. The maximum atomic E-state index is 13.5. The van der Waals surface area contributed by atoms with Gasteiger partial charge in [-0.25, -0.2) is 9.37 Å². The number of pyridine rings is 2. The summed E-state index contributed by atoms with van der Waals surface area (Å²) in [6.07, 6.45) is 3.17. The minimum Gasteiger partial charge on any atom is -0.256 e. The van der Waals surface area contributed by atoms with Crippen LogP contribution >= 0.6 is 15.9 Å². The summed E-state index contributed by atoms with van der Waals surface area (Å²) in [5.41, 5.74) is 1.06. The Morgan fingerprint density at radius 3 is 2.64 bits per heavy atom. The monoisotopic (exact) mass is 252 g/mol. The molecule has 2 rings (SSSR count). The van der Waals surface area contributed by atoms with Crippen LogP contribution in [0.1, 0.15) is 0 Å². The molecule has 2 aromatic heterocycles. The Balaban J connectivity index is 2.58. The predicted octanol–water partition coefficient (Wildman–Crippen LogP) is 3.05. The highest BCUT2D eigenvalue weighted by Crippen LogP contribution is 2.23. The van der Waals surface area contributed by atoms with Crippen molar-refractivity contribution in [1.82, 2.24) is 9.97 Å². The van der Waals surface area contributed by atoms with Crippen LogP contribution in [0.2, 0.25) is 0 Å². The molecule has 0 aliphatic heterocycles. The maximum absolute atomic E-state index is 13.5. The second-order valence-corrected chi connectivity index (χ2v) is 3.43. The van der Waals surface area contributed by atoms with Gasteiger partial charge in [0.1, 0.15) is 4.60 Å². The van der Waals surface area contributed by atoms with Gasteiger partial charge < -0.3 is 0 Å². The standard InChI is InChI=1S/C10H6BrFN2/c11-10-9(12)7(4-6-14-10)8-3-1-2-5-13-8/h1-6H. The summed E-state index contributed by atoms with van der Waals surface area (Å²) in [4.78, 5) is 7.84. The second kappa shape index (κ2) is 3.84. The van der Waals surface area contributed by atoms with E-state index in [-0.39, 0.29) is 10.4 Å². The minimum absolute atomic E-state index is 0.209. The number of rotatable bonds is 1. The van der Waals surface area contributed by atoms with Crippen LogP contribution in [0.15, 0.2) is 41.3 Å². The lowest BCUT2D eigenvalue weighted by molar-refractivity contribution is 0.616. The van der Waals surface area contributed by atoms with Crippen LogP contribution in [0.25, 0.3) is 11.3 Å². The largest absolute Gasteiger partial charge is 0.256 e. The number of halogens is 2. The zero-order valence-corrected chi connectivity index (χ0v) is 8.70. The Morgan fingerprint density at radius 1 is 1.07 bits per heavy atom. The molecule has 0 unspecified atom stereocenters. The van der Waals surface area contributed by atoms with Gasteiger partial charge in [0.05, 0.1) is 5.69 Å². The van der Waals surface area contributed by atoms with E-state index < -0.39 is 0 Å². The zero-order valence-electron chi connectivity index (χ0n) is 7.11. The topological polar surface area (TPSA) is 25.8 Å². The van der Waals surface area contributed by atoms with Gasteiger partial charge in [-0.15, -0.1) is 0 Å². The van der Waals surface area contributed by atoms with Gasteiger partial charge in [0.25, 0.3) is 0 Å². The maximum Gasteiger partial charge on any atom is 0.165 e. The van der Waals surface area contributed by atoms with E-state index in [0.29, 0.717) is 11.3 Å². The van der Waals surface area contributed by atoms with Gasteiger partial charge in [-0.1, -0.05) is 6.07 Å². The summed E-state index contributed by atoms with van der Waals surface area (Å²) >= 11 is 3.03. The first kappa shape index (κ1) is 9.27. The molecule has 0 bridgehead atoms. The van der Waals surface area contributed by atoms with Crippen molar-refractivity contribution in [2.75, 3.05) is 0 Å². The SMILES string of the molecule is Fc1c(-c2ccccn2)ccnc1Br. The lowest BCUT2D eigenvalue weighted by atomic mass is 10.2. The van der Waals surface area contributed by atoms with E-state index in [1.165, 1.54) is 6.20 Å². The Bertz CT molecular complexity index is 445. The van der Waals surface area contributed by atoms with Crippen molar-refractivity contribution < 1.29 is 4.39 Å². The van der Waals surface area contributed by atoms with Crippen molar-refractivity contribution in [2.24, 2.45) is 0 Å². The molecule has 2 heterocycles. The summed E-state index contributed by atoms with van der Waals surface area (Å²) in [6.45, 7) is 0. The number of nitrogens with zero attached hydrogens (tertiary/aromatic N) is 2. The third kappa shape index (κ3) is 1.65. The van der Waals surface area contributed by atoms with Crippen molar-refractivity contribution in [1.29, 1.82) is 0 Å². The Labute approximate surface area is 89.0 Å². The van der Waals surface area contributed by atoms with E-state index in [0.717, 1.165) is 0 Å². The van der Waals surface area contributed by atoms with E-state index in [2.05, 4.69) is 25.9 Å². The fraction of sp³-hybridized carbons (Fsp3) is 0. The smallest absolute Gasteiger partial charge is 0.165 e. The van der Waals surface area contributed by atoms with Crippen LogP contribution in [0, 0.1) is 5.82 Å². The third-order valence-corrected chi connectivity index (χ3v) is 2.34. The normalized spacial score (nSPS) is 10.1. The molecule has 70 valence electrons. The van der Waals surface area contributed by atoms with Crippen molar-refractivity contribution in [3.8, 4) is 11.3 Å². The fourth-order valence-electron chi connectivity index (χ4n) is 1.14. The van der Waals surface area contributed by atoms with Crippen molar-refractivity contribution in [3.05, 3.63) is 47.1 Å². The minimum atomic E-state index is -0.383. The number of hydrogen-bond acceptors (Lipinski definition) is 2. The van der Waals surface area contributed by atoms with Crippen LogP contribution < -0.4 is 0 Å².